The number of sulfonamides is 1. The van der Waals surface area contributed by atoms with Gasteiger partial charge in [-0.2, -0.15) is 4.31 Å². The Bertz CT molecular complexity index is 797. The topological polar surface area (TPSA) is 63.4 Å². The molecular formula is C14H12F2N2O2S. The third-order valence-corrected chi connectivity index (χ3v) is 5.29. The normalized spacial score (nSPS) is 15.1. The van der Waals surface area contributed by atoms with Crippen molar-refractivity contribution in [3.8, 4) is 0 Å². The maximum absolute atomic E-state index is 13.8. The van der Waals surface area contributed by atoms with E-state index < -0.39 is 32.2 Å². The largest absolute Gasteiger partial charge is 0.396 e. The number of benzene rings is 2. The Labute approximate surface area is 120 Å². The van der Waals surface area contributed by atoms with Crippen molar-refractivity contribution in [2.45, 2.75) is 18.0 Å². The van der Waals surface area contributed by atoms with Crippen LogP contribution in [0.5, 0.6) is 0 Å². The number of fused-ring (bicyclic) bond motifs is 1. The summed E-state index contributed by atoms with van der Waals surface area (Å²) in [7, 11) is -4.06. The van der Waals surface area contributed by atoms with E-state index in [1.54, 1.807) is 0 Å². The number of nitrogens with zero attached hydrogens (tertiary/aromatic N) is 1. The third-order valence-electron chi connectivity index (χ3n) is 3.48. The van der Waals surface area contributed by atoms with Gasteiger partial charge in [0.1, 0.15) is 16.5 Å². The number of nitrogen functional groups attached to an aromatic ring is 1. The van der Waals surface area contributed by atoms with E-state index >= 15 is 0 Å². The van der Waals surface area contributed by atoms with Gasteiger partial charge < -0.3 is 5.73 Å². The van der Waals surface area contributed by atoms with Gasteiger partial charge in [0.2, 0.25) is 10.0 Å². The Morgan fingerprint density at radius 2 is 1.57 bits per heavy atom. The molecule has 1 heterocycles. The molecule has 1 aliphatic heterocycles. The predicted molar refractivity (Wildman–Crippen MR) is 73.6 cm³/mol. The Balaban J connectivity index is 2.02. The molecule has 2 N–H and O–H groups in total. The summed E-state index contributed by atoms with van der Waals surface area (Å²) in [5.74, 6) is -2.12. The molecule has 7 heteroatoms. The molecule has 2 aromatic carbocycles. The first kappa shape index (κ1) is 14.0. The molecule has 21 heavy (non-hydrogen) atoms. The molecule has 0 aromatic heterocycles. The van der Waals surface area contributed by atoms with Crippen LogP contribution >= 0.6 is 0 Å². The smallest absolute Gasteiger partial charge is 0.246 e. The van der Waals surface area contributed by atoms with Crippen LogP contribution in [0.1, 0.15) is 11.1 Å². The molecule has 0 fully saturated rings. The molecule has 0 saturated carbocycles. The van der Waals surface area contributed by atoms with Crippen LogP contribution in [0, 0.1) is 11.6 Å². The van der Waals surface area contributed by atoms with Crippen molar-refractivity contribution in [2.24, 2.45) is 0 Å². The lowest BCUT2D eigenvalue weighted by Gasteiger charge is -2.16. The number of halogens is 2. The van der Waals surface area contributed by atoms with E-state index in [0.29, 0.717) is 6.07 Å². The predicted octanol–water partition coefficient (Wildman–Crippen LogP) is 2.25. The van der Waals surface area contributed by atoms with Gasteiger partial charge in [0.25, 0.3) is 0 Å². The molecule has 0 aliphatic carbocycles. The second-order valence-corrected chi connectivity index (χ2v) is 6.75. The minimum atomic E-state index is -4.06. The van der Waals surface area contributed by atoms with Crippen molar-refractivity contribution in [2.75, 3.05) is 5.73 Å². The van der Waals surface area contributed by atoms with Crippen LogP contribution in [0.3, 0.4) is 0 Å². The van der Waals surface area contributed by atoms with E-state index in [-0.39, 0.29) is 13.1 Å². The number of hydrogen-bond donors (Lipinski definition) is 1. The lowest BCUT2D eigenvalue weighted by molar-refractivity contribution is 0.426. The van der Waals surface area contributed by atoms with Crippen molar-refractivity contribution in [3.05, 3.63) is 59.2 Å². The van der Waals surface area contributed by atoms with Crippen LogP contribution in [0.4, 0.5) is 14.5 Å². The maximum Gasteiger partial charge on any atom is 0.246 e. The lowest BCUT2D eigenvalue weighted by atomic mass is 10.1. The van der Waals surface area contributed by atoms with Gasteiger partial charge >= 0.3 is 0 Å². The summed E-state index contributed by atoms with van der Waals surface area (Å²) in [4.78, 5) is -0.603. The molecule has 1 aliphatic rings. The van der Waals surface area contributed by atoms with Gasteiger partial charge in [-0.05, 0) is 17.2 Å². The SMILES string of the molecule is Nc1cc(S(=O)(=O)N2Cc3ccccc3C2)c(F)cc1F. The number of nitrogens with two attached hydrogens (primary N) is 1. The van der Waals surface area contributed by atoms with Crippen LogP contribution in [0.2, 0.25) is 0 Å². The Morgan fingerprint density at radius 3 is 2.14 bits per heavy atom. The fourth-order valence-corrected chi connectivity index (χ4v) is 3.83. The summed E-state index contributed by atoms with van der Waals surface area (Å²) in [5, 5.41) is 0. The van der Waals surface area contributed by atoms with Crippen molar-refractivity contribution in [3.63, 3.8) is 0 Å². The van der Waals surface area contributed by atoms with Gasteiger partial charge in [-0.1, -0.05) is 24.3 Å². The Hall–Kier alpha value is -1.99. The maximum atomic E-state index is 13.8. The highest BCUT2D eigenvalue weighted by Crippen LogP contribution is 2.30. The zero-order valence-electron chi connectivity index (χ0n) is 10.9. The molecule has 110 valence electrons. The van der Waals surface area contributed by atoms with Crippen molar-refractivity contribution in [1.82, 2.24) is 4.31 Å². The summed E-state index contributed by atoms with van der Waals surface area (Å²) in [6.07, 6.45) is 0. The molecule has 0 unspecified atom stereocenters. The molecule has 0 radical (unpaired) electrons. The van der Waals surface area contributed by atoms with Crippen LogP contribution < -0.4 is 5.73 Å². The minimum Gasteiger partial charge on any atom is -0.396 e. The Kier molecular flexibility index (Phi) is 3.18. The average Bonchev–Trinajstić information content (AvgIpc) is 2.87. The van der Waals surface area contributed by atoms with Crippen LogP contribution in [0.15, 0.2) is 41.3 Å². The van der Waals surface area contributed by atoms with Gasteiger partial charge in [0.15, 0.2) is 0 Å². The lowest BCUT2D eigenvalue weighted by Crippen LogP contribution is -2.26. The van der Waals surface area contributed by atoms with Crippen molar-refractivity contribution in [1.29, 1.82) is 0 Å². The summed E-state index contributed by atoms with van der Waals surface area (Å²) >= 11 is 0. The second kappa shape index (κ2) is 4.78. The first-order valence-corrected chi connectivity index (χ1v) is 7.65. The summed E-state index contributed by atoms with van der Waals surface area (Å²) < 4.78 is 53.1. The van der Waals surface area contributed by atoms with Crippen LogP contribution in [0.25, 0.3) is 0 Å². The average molecular weight is 310 g/mol. The summed E-state index contributed by atoms with van der Waals surface area (Å²) in [6, 6.07) is 8.58. The second-order valence-electron chi connectivity index (χ2n) is 4.85. The molecule has 0 atom stereocenters. The van der Waals surface area contributed by atoms with E-state index in [0.717, 1.165) is 21.5 Å². The first-order valence-electron chi connectivity index (χ1n) is 6.21. The van der Waals surface area contributed by atoms with E-state index in [9.17, 15) is 17.2 Å². The number of hydrogen-bond acceptors (Lipinski definition) is 3. The molecule has 0 bridgehead atoms. The minimum absolute atomic E-state index is 0.162. The molecule has 0 spiro atoms. The van der Waals surface area contributed by atoms with Crippen molar-refractivity contribution >= 4 is 15.7 Å². The van der Waals surface area contributed by atoms with Gasteiger partial charge in [-0.15, -0.1) is 0 Å². The summed E-state index contributed by atoms with van der Waals surface area (Å²) in [5.41, 5.74) is 6.69. The molecule has 4 nitrogen and oxygen atoms in total. The highest BCUT2D eigenvalue weighted by atomic mass is 32.2. The zero-order chi connectivity index (χ0) is 15.2. The number of rotatable bonds is 2. The standard InChI is InChI=1S/C14H12F2N2O2S/c15-11-5-12(16)14(6-13(11)17)21(19,20)18-7-9-3-1-2-4-10(9)8-18/h1-6H,7-8,17H2. The first-order chi connectivity index (χ1) is 9.89. The monoisotopic (exact) mass is 310 g/mol. The zero-order valence-corrected chi connectivity index (χ0v) is 11.7. The number of anilines is 1. The van der Waals surface area contributed by atoms with E-state index in [2.05, 4.69) is 0 Å². The van der Waals surface area contributed by atoms with Crippen molar-refractivity contribution < 1.29 is 17.2 Å². The van der Waals surface area contributed by atoms with E-state index in [1.165, 1.54) is 0 Å². The highest BCUT2D eigenvalue weighted by Gasteiger charge is 2.32. The third kappa shape index (κ3) is 2.28. The quantitative estimate of drug-likeness (QED) is 0.865. The van der Waals surface area contributed by atoms with E-state index in [4.69, 9.17) is 5.73 Å². The van der Waals surface area contributed by atoms with Gasteiger partial charge in [0.05, 0.1) is 5.69 Å². The molecule has 0 amide bonds. The van der Waals surface area contributed by atoms with Crippen LogP contribution in [-0.2, 0) is 23.1 Å². The molecule has 3 rings (SSSR count). The molecule has 0 saturated heterocycles. The highest BCUT2D eigenvalue weighted by molar-refractivity contribution is 7.89. The van der Waals surface area contributed by atoms with E-state index in [1.807, 2.05) is 24.3 Å². The fourth-order valence-electron chi connectivity index (χ4n) is 2.35. The molecule has 2 aromatic rings. The van der Waals surface area contributed by atoms with Gasteiger partial charge in [-0.25, -0.2) is 17.2 Å². The van der Waals surface area contributed by atoms with Gasteiger partial charge in [0, 0.05) is 19.2 Å². The Morgan fingerprint density at radius 1 is 1.00 bits per heavy atom. The molecular weight excluding hydrogens is 298 g/mol. The fraction of sp³-hybridized carbons (Fsp3) is 0.143. The van der Waals surface area contributed by atoms with Crippen LogP contribution in [-0.4, -0.2) is 12.7 Å². The van der Waals surface area contributed by atoms with Gasteiger partial charge in [-0.3, -0.25) is 0 Å². The summed E-state index contributed by atoms with van der Waals surface area (Å²) in [6.45, 7) is 0.324.